The van der Waals surface area contributed by atoms with Crippen molar-refractivity contribution in [2.45, 2.75) is 52.2 Å². The molecule has 0 aliphatic carbocycles. The van der Waals surface area contributed by atoms with E-state index in [1.807, 2.05) is 4.90 Å². The molecule has 4 nitrogen and oxygen atoms in total. The van der Waals surface area contributed by atoms with Crippen LogP contribution in [-0.4, -0.2) is 49.2 Å². The highest BCUT2D eigenvalue weighted by Crippen LogP contribution is 2.09. The highest BCUT2D eigenvalue weighted by molar-refractivity contribution is 5.81. The molecule has 1 fully saturated rings. The van der Waals surface area contributed by atoms with Gasteiger partial charge in [-0.2, -0.15) is 0 Å². The first-order valence-electron chi connectivity index (χ1n) is 6.79. The quantitative estimate of drug-likeness (QED) is 0.716. The van der Waals surface area contributed by atoms with Crippen LogP contribution < -0.4 is 5.32 Å². The topological polar surface area (TPSA) is 41.6 Å². The summed E-state index contributed by atoms with van der Waals surface area (Å²) in [6.07, 6.45) is 3.16. The number of hydrogen-bond acceptors (Lipinski definition) is 3. The molecule has 0 saturated carbocycles. The van der Waals surface area contributed by atoms with Crippen molar-refractivity contribution in [1.82, 2.24) is 10.2 Å². The van der Waals surface area contributed by atoms with Crippen LogP contribution in [0.3, 0.4) is 0 Å². The fourth-order valence-corrected chi connectivity index (χ4v) is 2.06. The van der Waals surface area contributed by atoms with Gasteiger partial charge in [0, 0.05) is 25.7 Å². The Labute approximate surface area is 105 Å². The van der Waals surface area contributed by atoms with Crippen molar-refractivity contribution in [3.8, 4) is 0 Å². The predicted octanol–water partition coefficient (Wildman–Crippen LogP) is 1.40. The average molecular weight is 242 g/mol. The van der Waals surface area contributed by atoms with Gasteiger partial charge in [-0.1, -0.05) is 19.8 Å². The fraction of sp³-hybridized carbons (Fsp3) is 0.923. The number of rotatable bonds is 6. The maximum Gasteiger partial charge on any atom is 0.253 e. The van der Waals surface area contributed by atoms with Crippen LogP contribution in [0.5, 0.6) is 0 Å². The molecule has 100 valence electrons. The van der Waals surface area contributed by atoms with Gasteiger partial charge >= 0.3 is 0 Å². The van der Waals surface area contributed by atoms with Gasteiger partial charge in [0.15, 0.2) is 0 Å². The molecule has 1 heterocycles. The summed E-state index contributed by atoms with van der Waals surface area (Å²) in [5.74, 6) is 0.142. The van der Waals surface area contributed by atoms with Crippen molar-refractivity contribution in [2.24, 2.45) is 0 Å². The predicted molar refractivity (Wildman–Crippen MR) is 69.0 cm³/mol. The Morgan fingerprint density at radius 3 is 2.76 bits per heavy atom. The van der Waals surface area contributed by atoms with E-state index in [1.165, 1.54) is 12.8 Å². The van der Waals surface area contributed by atoms with Crippen LogP contribution in [0, 0.1) is 0 Å². The maximum atomic E-state index is 12.3. The summed E-state index contributed by atoms with van der Waals surface area (Å²) in [6, 6.07) is 0.255. The third kappa shape index (κ3) is 4.64. The lowest BCUT2D eigenvalue weighted by molar-refractivity contribution is -0.147. The van der Waals surface area contributed by atoms with E-state index in [-0.39, 0.29) is 18.1 Å². The number of amides is 1. The standard InChI is InChI=1S/C13H26N2O2/c1-4-5-6-8-15(11(2)3)13(16)12-10-14-7-9-17-12/h11-12,14H,4-10H2,1-3H3. The van der Waals surface area contributed by atoms with Gasteiger partial charge in [-0.25, -0.2) is 0 Å². The molecule has 0 spiro atoms. The number of nitrogens with one attached hydrogen (secondary N) is 1. The molecule has 1 N–H and O–H groups in total. The summed E-state index contributed by atoms with van der Waals surface area (Å²) in [6.45, 7) is 9.30. The molecule has 0 aromatic heterocycles. The Balaban J connectivity index is 2.46. The summed E-state index contributed by atoms with van der Waals surface area (Å²) in [4.78, 5) is 14.2. The van der Waals surface area contributed by atoms with E-state index < -0.39 is 0 Å². The van der Waals surface area contributed by atoms with Crippen LogP contribution >= 0.6 is 0 Å². The Bertz CT molecular complexity index is 225. The van der Waals surface area contributed by atoms with Crippen molar-refractivity contribution in [3.63, 3.8) is 0 Å². The van der Waals surface area contributed by atoms with Gasteiger partial charge in [-0.3, -0.25) is 4.79 Å². The molecule has 0 aromatic carbocycles. The molecule has 1 aliphatic rings. The Morgan fingerprint density at radius 1 is 1.47 bits per heavy atom. The normalized spacial score (nSPS) is 20.6. The molecule has 1 saturated heterocycles. The SMILES string of the molecule is CCCCCN(C(=O)C1CNCCO1)C(C)C. The number of morpholine rings is 1. The molecule has 1 aliphatic heterocycles. The van der Waals surface area contributed by atoms with Crippen molar-refractivity contribution < 1.29 is 9.53 Å². The monoisotopic (exact) mass is 242 g/mol. The van der Waals surface area contributed by atoms with E-state index in [1.54, 1.807) is 0 Å². The second kappa shape index (κ2) is 7.67. The zero-order valence-corrected chi connectivity index (χ0v) is 11.4. The van der Waals surface area contributed by atoms with Gasteiger partial charge < -0.3 is 15.0 Å². The molecule has 17 heavy (non-hydrogen) atoms. The Kier molecular flexibility index (Phi) is 6.52. The van der Waals surface area contributed by atoms with Crippen molar-refractivity contribution in [1.29, 1.82) is 0 Å². The Hall–Kier alpha value is -0.610. The molecule has 0 radical (unpaired) electrons. The minimum atomic E-state index is -0.284. The first kappa shape index (κ1) is 14.5. The van der Waals surface area contributed by atoms with Gasteiger partial charge in [-0.15, -0.1) is 0 Å². The van der Waals surface area contributed by atoms with Crippen LogP contribution in [0.2, 0.25) is 0 Å². The van der Waals surface area contributed by atoms with Gasteiger partial charge in [0.1, 0.15) is 6.10 Å². The molecule has 1 amide bonds. The minimum Gasteiger partial charge on any atom is -0.366 e. The largest absolute Gasteiger partial charge is 0.366 e. The van der Waals surface area contributed by atoms with E-state index in [0.717, 1.165) is 19.5 Å². The van der Waals surface area contributed by atoms with Crippen LogP contribution in [-0.2, 0) is 9.53 Å². The molecule has 1 unspecified atom stereocenters. The lowest BCUT2D eigenvalue weighted by atomic mass is 10.2. The molecular weight excluding hydrogens is 216 g/mol. The maximum absolute atomic E-state index is 12.3. The first-order valence-corrected chi connectivity index (χ1v) is 6.79. The molecule has 1 atom stereocenters. The zero-order valence-electron chi connectivity index (χ0n) is 11.4. The van der Waals surface area contributed by atoms with Crippen molar-refractivity contribution in [3.05, 3.63) is 0 Å². The van der Waals surface area contributed by atoms with Crippen LogP contribution in [0.4, 0.5) is 0 Å². The van der Waals surface area contributed by atoms with E-state index in [0.29, 0.717) is 13.2 Å². The summed E-state index contributed by atoms with van der Waals surface area (Å²) < 4.78 is 5.52. The third-order valence-electron chi connectivity index (χ3n) is 3.11. The van der Waals surface area contributed by atoms with E-state index >= 15 is 0 Å². The smallest absolute Gasteiger partial charge is 0.253 e. The van der Waals surface area contributed by atoms with E-state index in [4.69, 9.17) is 4.74 Å². The fourth-order valence-electron chi connectivity index (χ4n) is 2.06. The third-order valence-corrected chi connectivity index (χ3v) is 3.11. The summed E-state index contributed by atoms with van der Waals surface area (Å²) in [5, 5.41) is 3.20. The molecule has 0 bridgehead atoms. The number of carbonyl (C=O) groups excluding carboxylic acids is 1. The van der Waals surface area contributed by atoms with Crippen LogP contribution in [0.1, 0.15) is 40.0 Å². The molecule has 1 rings (SSSR count). The summed E-state index contributed by atoms with van der Waals surface area (Å²) >= 11 is 0. The summed E-state index contributed by atoms with van der Waals surface area (Å²) in [7, 11) is 0. The highest BCUT2D eigenvalue weighted by atomic mass is 16.5. The van der Waals surface area contributed by atoms with Gasteiger partial charge in [-0.05, 0) is 20.3 Å². The van der Waals surface area contributed by atoms with E-state index in [2.05, 4.69) is 26.1 Å². The lowest BCUT2D eigenvalue weighted by Gasteiger charge is -2.32. The van der Waals surface area contributed by atoms with E-state index in [9.17, 15) is 4.79 Å². The number of ether oxygens (including phenoxy) is 1. The van der Waals surface area contributed by atoms with Crippen molar-refractivity contribution in [2.75, 3.05) is 26.2 Å². The van der Waals surface area contributed by atoms with Crippen LogP contribution in [0.15, 0.2) is 0 Å². The van der Waals surface area contributed by atoms with Gasteiger partial charge in [0.05, 0.1) is 6.61 Å². The molecule has 0 aromatic rings. The lowest BCUT2D eigenvalue weighted by Crippen LogP contribution is -2.51. The Morgan fingerprint density at radius 2 is 2.24 bits per heavy atom. The zero-order chi connectivity index (χ0) is 12.7. The van der Waals surface area contributed by atoms with Gasteiger partial charge in [0.2, 0.25) is 0 Å². The summed E-state index contributed by atoms with van der Waals surface area (Å²) in [5.41, 5.74) is 0. The number of unbranched alkanes of at least 4 members (excludes halogenated alkanes) is 2. The average Bonchev–Trinajstić information content (AvgIpc) is 2.34. The first-order chi connectivity index (χ1) is 8.16. The van der Waals surface area contributed by atoms with Crippen molar-refractivity contribution >= 4 is 5.91 Å². The number of carbonyl (C=O) groups is 1. The minimum absolute atomic E-state index is 0.142. The second-order valence-electron chi connectivity index (χ2n) is 4.90. The highest BCUT2D eigenvalue weighted by Gasteiger charge is 2.27. The van der Waals surface area contributed by atoms with Crippen LogP contribution in [0.25, 0.3) is 0 Å². The van der Waals surface area contributed by atoms with Gasteiger partial charge in [0.25, 0.3) is 5.91 Å². The number of hydrogen-bond donors (Lipinski definition) is 1. The molecule has 4 heteroatoms. The number of nitrogens with zero attached hydrogens (tertiary/aromatic N) is 1. The molecular formula is C13H26N2O2. The second-order valence-corrected chi connectivity index (χ2v) is 4.90.